The van der Waals surface area contributed by atoms with Crippen molar-refractivity contribution in [1.29, 1.82) is 0 Å². The number of rotatable bonds is 8. The Balaban J connectivity index is 2.49. The molecular formula is C10H21NO3S. The topological polar surface area (TPSA) is 57.6 Å². The second-order valence-electron chi connectivity index (χ2n) is 4.09. The monoisotopic (exact) mass is 235 g/mol. The lowest BCUT2D eigenvalue weighted by Crippen LogP contribution is -2.35. The highest BCUT2D eigenvalue weighted by Crippen LogP contribution is 2.29. The van der Waals surface area contributed by atoms with E-state index in [0.29, 0.717) is 19.4 Å². The summed E-state index contributed by atoms with van der Waals surface area (Å²) in [6.07, 6.45) is 4.12. The summed E-state index contributed by atoms with van der Waals surface area (Å²) in [6, 6.07) is 0.250. The van der Waals surface area contributed by atoms with E-state index in [-0.39, 0.29) is 18.4 Å². The minimum Gasteiger partial charge on any atom is -0.396 e. The normalized spacial score (nSPS) is 17.3. The number of aliphatic hydroxyl groups excluding tert-OH is 1. The van der Waals surface area contributed by atoms with Crippen LogP contribution in [0, 0.1) is 0 Å². The van der Waals surface area contributed by atoms with Gasteiger partial charge in [0, 0.05) is 19.2 Å². The molecule has 0 aromatic carbocycles. The molecule has 1 saturated carbocycles. The largest absolute Gasteiger partial charge is 0.396 e. The van der Waals surface area contributed by atoms with Gasteiger partial charge in [-0.2, -0.15) is 4.31 Å². The van der Waals surface area contributed by atoms with Gasteiger partial charge in [-0.25, -0.2) is 8.42 Å². The van der Waals surface area contributed by atoms with Gasteiger partial charge in [0.25, 0.3) is 0 Å². The minimum absolute atomic E-state index is 0.145. The molecule has 0 spiro atoms. The molecule has 1 aliphatic rings. The van der Waals surface area contributed by atoms with Crippen molar-refractivity contribution >= 4 is 10.0 Å². The van der Waals surface area contributed by atoms with Crippen LogP contribution in [0.1, 0.15) is 39.0 Å². The molecule has 0 bridgehead atoms. The van der Waals surface area contributed by atoms with Gasteiger partial charge in [-0.1, -0.05) is 6.92 Å². The average Bonchev–Trinajstić information content (AvgIpc) is 2.95. The van der Waals surface area contributed by atoms with E-state index in [1.54, 1.807) is 4.31 Å². The van der Waals surface area contributed by atoms with Crippen LogP contribution < -0.4 is 0 Å². The molecule has 0 amide bonds. The van der Waals surface area contributed by atoms with Gasteiger partial charge in [0.2, 0.25) is 10.0 Å². The molecule has 0 atom stereocenters. The van der Waals surface area contributed by atoms with Crippen molar-refractivity contribution in [2.24, 2.45) is 0 Å². The lowest BCUT2D eigenvalue weighted by molar-refractivity contribution is 0.275. The van der Waals surface area contributed by atoms with Gasteiger partial charge in [-0.05, 0) is 32.1 Å². The number of aliphatic hydroxyl groups is 1. The molecular weight excluding hydrogens is 214 g/mol. The zero-order valence-corrected chi connectivity index (χ0v) is 10.2. The van der Waals surface area contributed by atoms with Crippen molar-refractivity contribution in [2.75, 3.05) is 18.9 Å². The van der Waals surface area contributed by atoms with Gasteiger partial charge in [0.1, 0.15) is 0 Å². The van der Waals surface area contributed by atoms with E-state index in [1.165, 1.54) is 0 Å². The lowest BCUT2D eigenvalue weighted by atomic mass is 10.3. The maximum Gasteiger partial charge on any atom is 0.214 e. The second-order valence-corrected chi connectivity index (χ2v) is 6.13. The van der Waals surface area contributed by atoms with E-state index in [2.05, 4.69) is 0 Å². The first-order valence-corrected chi connectivity index (χ1v) is 7.33. The van der Waals surface area contributed by atoms with Gasteiger partial charge in [0.05, 0.1) is 5.75 Å². The molecule has 0 saturated heterocycles. The van der Waals surface area contributed by atoms with Crippen LogP contribution in [-0.2, 0) is 10.0 Å². The molecule has 1 aliphatic carbocycles. The third-order valence-corrected chi connectivity index (χ3v) is 4.68. The average molecular weight is 235 g/mol. The highest BCUT2D eigenvalue weighted by atomic mass is 32.2. The smallest absolute Gasteiger partial charge is 0.214 e. The SMILES string of the molecule is CCCS(=O)(=O)N(CCCCO)C1CC1. The van der Waals surface area contributed by atoms with Gasteiger partial charge < -0.3 is 5.11 Å². The van der Waals surface area contributed by atoms with Crippen LogP contribution in [0.2, 0.25) is 0 Å². The number of unbranched alkanes of at least 4 members (excludes halogenated alkanes) is 1. The molecule has 15 heavy (non-hydrogen) atoms. The summed E-state index contributed by atoms with van der Waals surface area (Å²) in [5.74, 6) is 0.253. The summed E-state index contributed by atoms with van der Waals surface area (Å²) in [7, 11) is -3.04. The molecule has 0 aromatic heterocycles. The van der Waals surface area contributed by atoms with Crippen LogP contribution in [0.5, 0.6) is 0 Å². The van der Waals surface area contributed by atoms with Crippen molar-refractivity contribution in [1.82, 2.24) is 4.31 Å². The molecule has 0 radical (unpaired) electrons. The van der Waals surface area contributed by atoms with Gasteiger partial charge >= 0.3 is 0 Å². The van der Waals surface area contributed by atoms with Crippen molar-refractivity contribution in [3.8, 4) is 0 Å². The summed E-state index contributed by atoms with van der Waals surface area (Å²) in [6.45, 7) is 2.61. The Morgan fingerprint density at radius 3 is 2.47 bits per heavy atom. The zero-order valence-electron chi connectivity index (χ0n) is 9.35. The summed E-state index contributed by atoms with van der Waals surface area (Å²) in [5, 5.41) is 8.67. The van der Waals surface area contributed by atoms with Gasteiger partial charge in [-0.3, -0.25) is 0 Å². The van der Waals surface area contributed by atoms with E-state index in [9.17, 15) is 8.42 Å². The van der Waals surface area contributed by atoms with Crippen LogP contribution >= 0.6 is 0 Å². The predicted molar refractivity (Wildman–Crippen MR) is 60.1 cm³/mol. The first-order chi connectivity index (χ1) is 7.11. The Hall–Kier alpha value is -0.130. The Morgan fingerprint density at radius 1 is 1.33 bits per heavy atom. The van der Waals surface area contributed by atoms with Crippen LogP contribution in [0.4, 0.5) is 0 Å². The molecule has 1 rings (SSSR count). The van der Waals surface area contributed by atoms with Gasteiger partial charge in [0.15, 0.2) is 0 Å². The molecule has 1 fully saturated rings. The number of hydrogen-bond donors (Lipinski definition) is 1. The number of nitrogens with zero attached hydrogens (tertiary/aromatic N) is 1. The Kier molecular flexibility index (Phi) is 5.02. The molecule has 1 N–H and O–H groups in total. The van der Waals surface area contributed by atoms with Crippen LogP contribution in [0.15, 0.2) is 0 Å². The van der Waals surface area contributed by atoms with Crippen molar-refractivity contribution < 1.29 is 13.5 Å². The molecule has 4 nitrogen and oxygen atoms in total. The highest BCUT2D eigenvalue weighted by Gasteiger charge is 2.35. The van der Waals surface area contributed by atoms with Crippen LogP contribution in [0.3, 0.4) is 0 Å². The van der Waals surface area contributed by atoms with E-state index in [4.69, 9.17) is 5.11 Å². The Bertz CT molecular complexity index is 272. The Labute approximate surface area is 92.3 Å². The predicted octanol–water partition coefficient (Wildman–Crippen LogP) is 0.963. The van der Waals surface area contributed by atoms with Crippen LogP contribution in [-0.4, -0.2) is 42.8 Å². The standard InChI is InChI=1S/C10H21NO3S/c1-2-9-15(13,14)11(10-5-6-10)7-3-4-8-12/h10,12H,2-9H2,1H3. The fraction of sp³-hybridized carbons (Fsp3) is 1.00. The molecule has 90 valence electrons. The molecule has 0 unspecified atom stereocenters. The quantitative estimate of drug-likeness (QED) is 0.638. The molecule has 0 aliphatic heterocycles. The van der Waals surface area contributed by atoms with E-state index in [0.717, 1.165) is 19.3 Å². The summed E-state index contributed by atoms with van der Waals surface area (Å²) >= 11 is 0. The third kappa shape index (κ3) is 4.09. The van der Waals surface area contributed by atoms with Crippen molar-refractivity contribution in [3.05, 3.63) is 0 Å². The fourth-order valence-corrected chi connectivity index (χ4v) is 3.49. The van der Waals surface area contributed by atoms with Crippen molar-refractivity contribution in [3.63, 3.8) is 0 Å². The summed E-state index contributed by atoms with van der Waals surface area (Å²) < 4.78 is 25.4. The highest BCUT2D eigenvalue weighted by molar-refractivity contribution is 7.89. The molecule has 0 aromatic rings. The van der Waals surface area contributed by atoms with E-state index < -0.39 is 10.0 Å². The van der Waals surface area contributed by atoms with Crippen molar-refractivity contribution in [2.45, 2.75) is 45.1 Å². The first-order valence-electron chi connectivity index (χ1n) is 5.72. The maximum atomic E-state index is 11.9. The zero-order chi connectivity index (χ0) is 11.3. The number of sulfonamides is 1. The minimum atomic E-state index is -3.04. The van der Waals surface area contributed by atoms with E-state index in [1.807, 2.05) is 6.92 Å². The maximum absolute atomic E-state index is 11.9. The third-order valence-electron chi connectivity index (χ3n) is 2.56. The molecule has 0 heterocycles. The summed E-state index contributed by atoms with van der Waals surface area (Å²) in [4.78, 5) is 0. The molecule has 5 heteroatoms. The van der Waals surface area contributed by atoms with E-state index >= 15 is 0 Å². The fourth-order valence-electron chi connectivity index (χ4n) is 1.67. The number of hydrogen-bond acceptors (Lipinski definition) is 3. The van der Waals surface area contributed by atoms with Crippen LogP contribution in [0.25, 0.3) is 0 Å². The summed E-state index contributed by atoms with van der Waals surface area (Å²) in [5.41, 5.74) is 0. The first kappa shape index (κ1) is 12.9. The Morgan fingerprint density at radius 2 is 2.00 bits per heavy atom. The van der Waals surface area contributed by atoms with Gasteiger partial charge in [-0.15, -0.1) is 0 Å². The lowest BCUT2D eigenvalue weighted by Gasteiger charge is -2.21. The second kappa shape index (κ2) is 5.82.